The average Bonchev–Trinajstić information content (AvgIpc) is 2.36. The minimum atomic E-state index is -0.567. The number of hydrogen-bond acceptors (Lipinski definition) is 4. The van der Waals surface area contributed by atoms with Gasteiger partial charge in [0.2, 0.25) is 0 Å². The lowest BCUT2D eigenvalue weighted by Crippen LogP contribution is -1.98. The molecule has 0 amide bonds. The molecule has 0 aliphatic heterocycles. The van der Waals surface area contributed by atoms with Gasteiger partial charge >= 0.3 is 0 Å². The van der Waals surface area contributed by atoms with Gasteiger partial charge in [-0.25, -0.2) is 0 Å². The van der Waals surface area contributed by atoms with Gasteiger partial charge in [0.25, 0.3) is 11.4 Å². The van der Waals surface area contributed by atoms with Crippen LogP contribution in [-0.4, -0.2) is 9.85 Å². The van der Waals surface area contributed by atoms with Crippen LogP contribution < -0.4 is 0 Å². The first kappa shape index (κ1) is 17.2. The van der Waals surface area contributed by atoms with E-state index in [0.717, 1.165) is 0 Å². The van der Waals surface area contributed by atoms with Gasteiger partial charge in [0.1, 0.15) is 0 Å². The Morgan fingerprint density at radius 1 is 0.850 bits per heavy atom. The molecule has 0 aliphatic rings. The predicted molar refractivity (Wildman–Crippen MR) is 78.1 cm³/mol. The van der Waals surface area contributed by atoms with Crippen LogP contribution in [-0.2, 0) is 0 Å². The molecule has 0 unspecified atom stereocenters. The second-order valence-corrected chi connectivity index (χ2v) is 3.70. The van der Waals surface area contributed by atoms with Gasteiger partial charge in [-0.1, -0.05) is 25.3 Å². The molecule has 0 aromatic carbocycles. The Morgan fingerprint density at radius 2 is 1.15 bits per heavy atom. The molecule has 0 aromatic heterocycles. The molecule has 0 aromatic rings. The summed E-state index contributed by atoms with van der Waals surface area (Å²) in [4.78, 5) is 20.4. The molecule has 0 saturated carbocycles. The molecule has 0 bridgehead atoms. The van der Waals surface area contributed by atoms with E-state index in [0.29, 0.717) is 0 Å². The third-order valence-electron chi connectivity index (χ3n) is 2.15. The van der Waals surface area contributed by atoms with Gasteiger partial charge in [-0.3, -0.25) is 20.2 Å². The van der Waals surface area contributed by atoms with Gasteiger partial charge in [-0.2, -0.15) is 0 Å². The minimum absolute atomic E-state index is 0.166. The van der Waals surface area contributed by atoms with Crippen molar-refractivity contribution in [2.45, 2.75) is 13.8 Å². The van der Waals surface area contributed by atoms with Gasteiger partial charge in [-0.15, -0.1) is 0 Å². The van der Waals surface area contributed by atoms with Gasteiger partial charge in [0, 0.05) is 24.3 Å². The van der Waals surface area contributed by atoms with Gasteiger partial charge < -0.3 is 0 Å². The Balaban J connectivity index is 5.36. The van der Waals surface area contributed by atoms with Crippen molar-refractivity contribution in [2.75, 3.05) is 0 Å². The molecular formula is C14H16N2O4. The second-order valence-electron chi connectivity index (χ2n) is 3.70. The lowest BCUT2D eigenvalue weighted by molar-refractivity contribution is -0.419. The largest absolute Gasteiger partial charge is 0.269 e. The zero-order chi connectivity index (χ0) is 15.7. The fourth-order valence-electron chi connectivity index (χ4n) is 1.21. The van der Waals surface area contributed by atoms with E-state index in [1.54, 1.807) is 13.8 Å². The van der Waals surface area contributed by atoms with Crippen LogP contribution in [0.25, 0.3) is 0 Å². The van der Waals surface area contributed by atoms with E-state index in [4.69, 9.17) is 0 Å². The third-order valence-corrected chi connectivity index (χ3v) is 2.15. The van der Waals surface area contributed by atoms with Crippen LogP contribution in [0.5, 0.6) is 0 Å². The summed E-state index contributed by atoms with van der Waals surface area (Å²) >= 11 is 0. The molecule has 0 fully saturated rings. The van der Waals surface area contributed by atoms with E-state index < -0.39 is 9.85 Å². The standard InChI is InChI=1S/C14H16N2O4/c1-5-7-13(15(17)18)9-11(3)12(4)10-14(8-6-2)16(19)20/h5-10H,3-4H2,1-2H3/b7-5-,8-6-,13-9+,14-10+. The summed E-state index contributed by atoms with van der Waals surface area (Å²) in [6.07, 6.45) is 8.08. The smallest absolute Gasteiger partial charge is 0.258 e. The van der Waals surface area contributed by atoms with E-state index in [2.05, 4.69) is 13.2 Å². The normalized spacial score (nSPS) is 12.9. The highest BCUT2D eigenvalue weighted by molar-refractivity contribution is 5.46. The van der Waals surface area contributed by atoms with E-state index in [-0.39, 0.29) is 22.5 Å². The Hall–Kier alpha value is -2.76. The molecule has 0 rings (SSSR count). The van der Waals surface area contributed by atoms with Gasteiger partial charge in [0.15, 0.2) is 0 Å². The van der Waals surface area contributed by atoms with Crippen molar-refractivity contribution in [1.82, 2.24) is 0 Å². The summed E-state index contributed by atoms with van der Waals surface area (Å²) in [5.41, 5.74) is 0.138. The summed E-state index contributed by atoms with van der Waals surface area (Å²) in [7, 11) is 0. The molecule has 0 heterocycles. The van der Waals surface area contributed by atoms with Gasteiger partial charge in [0.05, 0.1) is 9.85 Å². The van der Waals surface area contributed by atoms with Crippen molar-refractivity contribution >= 4 is 0 Å². The number of nitro groups is 2. The van der Waals surface area contributed by atoms with Crippen LogP contribution in [0, 0.1) is 20.2 Å². The summed E-state index contributed by atoms with van der Waals surface area (Å²) in [6, 6.07) is 0. The Labute approximate surface area is 117 Å². The molecule has 0 saturated heterocycles. The Kier molecular flexibility index (Phi) is 7.21. The fourth-order valence-corrected chi connectivity index (χ4v) is 1.21. The molecule has 0 spiro atoms. The zero-order valence-electron chi connectivity index (χ0n) is 11.4. The first-order chi connectivity index (χ1) is 9.33. The number of allylic oxidation sites excluding steroid dienone is 8. The summed E-state index contributed by atoms with van der Waals surface area (Å²) in [6.45, 7) is 10.5. The molecule has 6 nitrogen and oxygen atoms in total. The summed E-state index contributed by atoms with van der Waals surface area (Å²) in [5.74, 6) is 0. The van der Waals surface area contributed by atoms with Crippen molar-refractivity contribution in [3.05, 3.63) is 92.4 Å². The van der Waals surface area contributed by atoms with Crippen molar-refractivity contribution in [3.63, 3.8) is 0 Å². The van der Waals surface area contributed by atoms with Crippen LogP contribution in [0.3, 0.4) is 0 Å². The molecule has 0 radical (unpaired) electrons. The molecule has 6 heteroatoms. The van der Waals surface area contributed by atoms with Crippen LogP contribution in [0.15, 0.2) is 72.2 Å². The number of hydrogen-bond donors (Lipinski definition) is 0. The third kappa shape index (κ3) is 5.72. The van der Waals surface area contributed by atoms with Crippen molar-refractivity contribution in [3.8, 4) is 0 Å². The highest BCUT2D eigenvalue weighted by atomic mass is 16.6. The zero-order valence-corrected chi connectivity index (χ0v) is 11.4. The fraction of sp³-hybridized carbons (Fsp3) is 0.143. The molecule has 20 heavy (non-hydrogen) atoms. The maximum Gasteiger partial charge on any atom is 0.269 e. The first-order valence-corrected chi connectivity index (χ1v) is 5.69. The average molecular weight is 276 g/mol. The number of nitrogens with zero attached hydrogens (tertiary/aromatic N) is 2. The van der Waals surface area contributed by atoms with E-state index >= 15 is 0 Å². The Bertz CT molecular complexity index is 502. The lowest BCUT2D eigenvalue weighted by Gasteiger charge is -1.99. The van der Waals surface area contributed by atoms with Crippen molar-refractivity contribution in [2.24, 2.45) is 0 Å². The molecule has 106 valence electrons. The summed E-state index contributed by atoms with van der Waals surface area (Å²) in [5, 5.41) is 21.5. The number of rotatable bonds is 7. The predicted octanol–water partition coefficient (Wildman–Crippen LogP) is 3.57. The maximum absolute atomic E-state index is 10.8. The topological polar surface area (TPSA) is 86.3 Å². The second kappa shape index (κ2) is 8.36. The molecule has 0 N–H and O–H groups in total. The molecular weight excluding hydrogens is 260 g/mol. The van der Waals surface area contributed by atoms with E-state index in [1.807, 2.05) is 0 Å². The van der Waals surface area contributed by atoms with Crippen molar-refractivity contribution < 1.29 is 9.85 Å². The highest BCUT2D eigenvalue weighted by Crippen LogP contribution is 2.15. The maximum atomic E-state index is 10.8. The highest BCUT2D eigenvalue weighted by Gasteiger charge is 2.10. The molecule has 0 aliphatic carbocycles. The molecule has 0 atom stereocenters. The summed E-state index contributed by atoms with van der Waals surface area (Å²) < 4.78 is 0. The minimum Gasteiger partial charge on any atom is -0.258 e. The van der Waals surface area contributed by atoms with Gasteiger partial charge in [-0.05, 0) is 25.0 Å². The lowest BCUT2D eigenvalue weighted by atomic mass is 10.1. The quantitative estimate of drug-likeness (QED) is 0.404. The van der Waals surface area contributed by atoms with Crippen molar-refractivity contribution in [1.29, 1.82) is 0 Å². The van der Waals surface area contributed by atoms with E-state index in [9.17, 15) is 20.2 Å². The monoisotopic (exact) mass is 276 g/mol. The van der Waals surface area contributed by atoms with Crippen LogP contribution >= 0.6 is 0 Å². The van der Waals surface area contributed by atoms with Crippen LogP contribution in [0.1, 0.15) is 13.8 Å². The van der Waals surface area contributed by atoms with Crippen LogP contribution in [0.4, 0.5) is 0 Å². The van der Waals surface area contributed by atoms with E-state index in [1.165, 1.54) is 36.5 Å². The van der Waals surface area contributed by atoms with Crippen LogP contribution in [0.2, 0.25) is 0 Å². The first-order valence-electron chi connectivity index (χ1n) is 5.69. The SMILES string of the molecule is C=C(/C=C(\C=C/C)[N+](=O)[O-])C(=C)/C=C(\C=C/C)[N+](=O)[O-]. The Morgan fingerprint density at radius 3 is 1.35 bits per heavy atom.